The molecule has 29 heavy (non-hydrogen) atoms. The van der Waals surface area contributed by atoms with Crippen molar-refractivity contribution in [2.75, 3.05) is 29.9 Å². The van der Waals surface area contributed by atoms with Gasteiger partial charge in [-0.05, 0) is 42.8 Å². The van der Waals surface area contributed by atoms with E-state index < -0.39 is 23.4 Å². The number of benzene rings is 2. The topological polar surface area (TPSA) is 87.7 Å². The first-order valence-corrected chi connectivity index (χ1v) is 8.99. The molecule has 0 saturated heterocycles. The fourth-order valence-electron chi connectivity index (χ4n) is 2.76. The van der Waals surface area contributed by atoms with Crippen LogP contribution in [-0.4, -0.2) is 37.4 Å². The van der Waals surface area contributed by atoms with E-state index in [1.807, 2.05) is 6.92 Å². The highest BCUT2D eigenvalue weighted by Crippen LogP contribution is 2.34. The Morgan fingerprint density at radius 1 is 1.14 bits per heavy atom. The minimum atomic E-state index is -1.13. The lowest BCUT2D eigenvalue weighted by Crippen LogP contribution is -2.45. The van der Waals surface area contributed by atoms with Gasteiger partial charge in [-0.15, -0.1) is 0 Å². The van der Waals surface area contributed by atoms with Crippen LogP contribution in [0.15, 0.2) is 36.4 Å². The minimum absolute atomic E-state index is 0.0650. The molecule has 7 nitrogen and oxygen atoms in total. The second-order valence-corrected chi connectivity index (χ2v) is 6.38. The van der Waals surface area contributed by atoms with E-state index in [-0.39, 0.29) is 24.6 Å². The zero-order valence-corrected chi connectivity index (χ0v) is 15.6. The van der Waals surface area contributed by atoms with E-state index in [2.05, 4.69) is 10.6 Å². The Morgan fingerprint density at radius 3 is 2.66 bits per heavy atom. The van der Waals surface area contributed by atoms with E-state index in [0.717, 1.165) is 24.6 Å². The molecule has 0 atom stereocenters. The van der Waals surface area contributed by atoms with E-state index >= 15 is 0 Å². The number of hydrogen-bond acceptors (Lipinski definition) is 4. The van der Waals surface area contributed by atoms with Crippen molar-refractivity contribution in [1.29, 1.82) is 0 Å². The highest BCUT2D eigenvalue weighted by molar-refractivity contribution is 6.06. The van der Waals surface area contributed by atoms with Gasteiger partial charge in [-0.25, -0.2) is 8.78 Å². The first-order chi connectivity index (χ1) is 13.9. The normalized spacial score (nSPS) is 12.8. The highest BCUT2D eigenvalue weighted by Gasteiger charge is 2.27. The Morgan fingerprint density at radius 2 is 1.93 bits per heavy atom. The first kappa shape index (κ1) is 20.2. The molecule has 0 fully saturated rings. The molecule has 2 aromatic carbocycles. The van der Waals surface area contributed by atoms with Gasteiger partial charge in [0, 0.05) is 17.8 Å². The van der Waals surface area contributed by atoms with Crippen LogP contribution in [0.2, 0.25) is 0 Å². The van der Waals surface area contributed by atoms with Crippen molar-refractivity contribution < 1.29 is 27.9 Å². The maximum absolute atomic E-state index is 13.4. The fourth-order valence-corrected chi connectivity index (χ4v) is 2.76. The summed E-state index contributed by atoms with van der Waals surface area (Å²) in [6.45, 7) is 2.02. The summed E-state index contributed by atoms with van der Waals surface area (Å²) in [4.78, 5) is 37.9. The second-order valence-electron chi connectivity index (χ2n) is 6.38. The van der Waals surface area contributed by atoms with E-state index in [0.29, 0.717) is 23.7 Å². The van der Waals surface area contributed by atoms with Gasteiger partial charge in [0.25, 0.3) is 11.8 Å². The molecule has 0 bridgehead atoms. The van der Waals surface area contributed by atoms with Crippen molar-refractivity contribution in [2.24, 2.45) is 0 Å². The van der Waals surface area contributed by atoms with Crippen LogP contribution < -0.4 is 20.3 Å². The third-order valence-electron chi connectivity index (χ3n) is 4.22. The molecule has 2 aromatic rings. The van der Waals surface area contributed by atoms with Gasteiger partial charge in [0.1, 0.15) is 12.3 Å². The van der Waals surface area contributed by atoms with Crippen molar-refractivity contribution in [2.45, 2.75) is 13.3 Å². The van der Waals surface area contributed by atoms with Crippen LogP contribution in [0, 0.1) is 11.6 Å². The molecule has 0 saturated carbocycles. The molecule has 1 aliphatic rings. The van der Waals surface area contributed by atoms with Crippen molar-refractivity contribution >= 4 is 29.1 Å². The van der Waals surface area contributed by atoms with Crippen molar-refractivity contribution in [3.63, 3.8) is 0 Å². The third kappa shape index (κ3) is 4.68. The second kappa shape index (κ2) is 8.68. The van der Waals surface area contributed by atoms with Gasteiger partial charge in [-0.1, -0.05) is 6.92 Å². The van der Waals surface area contributed by atoms with Crippen LogP contribution in [0.3, 0.4) is 0 Å². The van der Waals surface area contributed by atoms with Crippen LogP contribution in [0.4, 0.5) is 20.2 Å². The minimum Gasteiger partial charge on any atom is -0.482 e. The number of rotatable bonds is 6. The largest absolute Gasteiger partial charge is 0.482 e. The molecule has 152 valence electrons. The summed E-state index contributed by atoms with van der Waals surface area (Å²) in [7, 11) is 0. The van der Waals surface area contributed by atoms with Gasteiger partial charge in [0.2, 0.25) is 5.91 Å². The van der Waals surface area contributed by atoms with E-state index in [4.69, 9.17) is 4.74 Å². The van der Waals surface area contributed by atoms with E-state index in [1.54, 1.807) is 12.1 Å². The molecule has 0 spiro atoms. The number of hydrogen-bond donors (Lipinski definition) is 2. The predicted octanol–water partition coefficient (Wildman–Crippen LogP) is 2.47. The summed E-state index contributed by atoms with van der Waals surface area (Å²) in [6.07, 6.45) is 0.763. The maximum Gasteiger partial charge on any atom is 0.265 e. The van der Waals surface area contributed by atoms with Gasteiger partial charge < -0.3 is 15.4 Å². The fraction of sp³-hybridized carbons (Fsp3) is 0.250. The molecule has 2 N–H and O–H groups in total. The molecular weight excluding hydrogens is 384 g/mol. The molecule has 1 heterocycles. The average molecular weight is 403 g/mol. The first-order valence-electron chi connectivity index (χ1n) is 8.99. The lowest BCUT2D eigenvalue weighted by Gasteiger charge is -2.29. The SMILES string of the molecule is CCCNC(=O)CN1C(=O)COc2ccc(NC(=O)c3ccc(F)c(F)c3)cc21. The Hall–Kier alpha value is -3.49. The Kier molecular flexibility index (Phi) is 6.06. The average Bonchev–Trinajstić information content (AvgIpc) is 2.70. The number of nitrogens with zero attached hydrogens (tertiary/aromatic N) is 1. The molecule has 0 radical (unpaired) electrons. The molecule has 3 amide bonds. The predicted molar refractivity (Wildman–Crippen MR) is 102 cm³/mol. The van der Waals surface area contributed by atoms with Gasteiger partial charge >= 0.3 is 0 Å². The van der Waals surface area contributed by atoms with Gasteiger partial charge in [-0.3, -0.25) is 19.3 Å². The molecule has 3 rings (SSSR count). The molecule has 0 aromatic heterocycles. The number of ether oxygens (including phenoxy) is 1. The molecule has 0 aliphatic carbocycles. The number of carbonyl (C=O) groups is 3. The molecule has 9 heteroatoms. The van der Waals surface area contributed by atoms with E-state index in [1.165, 1.54) is 11.0 Å². The number of anilines is 2. The quantitative estimate of drug-likeness (QED) is 0.776. The van der Waals surface area contributed by atoms with Crippen LogP contribution in [0.1, 0.15) is 23.7 Å². The van der Waals surface area contributed by atoms with Crippen molar-refractivity contribution in [3.8, 4) is 5.75 Å². The van der Waals surface area contributed by atoms with Crippen LogP contribution in [0.5, 0.6) is 5.75 Å². The monoisotopic (exact) mass is 403 g/mol. The number of amides is 3. The number of carbonyl (C=O) groups excluding carboxylic acids is 3. The van der Waals surface area contributed by atoms with Gasteiger partial charge in [-0.2, -0.15) is 0 Å². The molecule has 1 aliphatic heterocycles. The number of fused-ring (bicyclic) bond motifs is 1. The smallest absolute Gasteiger partial charge is 0.265 e. The van der Waals surface area contributed by atoms with Gasteiger partial charge in [0.05, 0.1) is 5.69 Å². The zero-order valence-electron chi connectivity index (χ0n) is 15.6. The summed E-state index contributed by atoms with van der Waals surface area (Å²) < 4.78 is 31.8. The summed E-state index contributed by atoms with van der Waals surface area (Å²) in [5.74, 6) is -3.16. The van der Waals surface area contributed by atoms with Crippen LogP contribution >= 0.6 is 0 Å². The summed E-state index contributed by atoms with van der Waals surface area (Å²) in [5, 5.41) is 5.26. The van der Waals surface area contributed by atoms with Crippen molar-refractivity contribution in [3.05, 3.63) is 53.6 Å². The summed E-state index contributed by atoms with van der Waals surface area (Å²) in [5.41, 5.74) is 0.566. The summed E-state index contributed by atoms with van der Waals surface area (Å²) in [6, 6.07) is 7.39. The maximum atomic E-state index is 13.4. The van der Waals surface area contributed by atoms with Crippen molar-refractivity contribution in [1.82, 2.24) is 5.32 Å². The Bertz CT molecular complexity index is 965. The highest BCUT2D eigenvalue weighted by atomic mass is 19.2. The third-order valence-corrected chi connectivity index (χ3v) is 4.22. The Labute approximate surface area is 165 Å². The number of halogens is 2. The summed E-state index contributed by atoms with van der Waals surface area (Å²) >= 11 is 0. The van der Waals surface area contributed by atoms with Gasteiger partial charge in [0.15, 0.2) is 18.2 Å². The molecule has 0 unspecified atom stereocenters. The van der Waals surface area contributed by atoms with Crippen LogP contribution in [0.25, 0.3) is 0 Å². The standard InChI is InChI=1S/C20H19F2N3O4/c1-2-7-23-18(26)10-25-16-9-13(4-6-17(16)29-11-19(25)27)24-20(28)12-3-5-14(21)15(22)8-12/h3-6,8-9H,2,7,10-11H2,1H3,(H,23,26)(H,24,28). The lowest BCUT2D eigenvalue weighted by molar-refractivity contribution is -0.125. The number of nitrogens with one attached hydrogen (secondary N) is 2. The van der Waals surface area contributed by atoms with Crippen LogP contribution in [-0.2, 0) is 9.59 Å². The Balaban J connectivity index is 1.80. The van der Waals surface area contributed by atoms with E-state index in [9.17, 15) is 23.2 Å². The zero-order chi connectivity index (χ0) is 21.0. The molecular formula is C20H19F2N3O4. The lowest BCUT2D eigenvalue weighted by atomic mass is 10.1.